The van der Waals surface area contributed by atoms with Crippen molar-refractivity contribution >= 4 is 5.97 Å². The number of rotatable bonds is 6. The zero-order valence-electron chi connectivity index (χ0n) is 15.7. The van der Waals surface area contributed by atoms with Crippen LogP contribution in [-0.2, 0) is 22.1 Å². The molecule has 2 atom stereocenters. The average Bonchev–Trinajstić information content (AvgIpc) is 3.18. The molecule has 152 valence electrons. The maximum Gasteiger partial charge on any atom is 0.416 e. The number of carbonyl (C=O) groups excluding carboxylic acids is 1. The van der Waals surface area contributed by atoms with Gasteiger partial charge in [-0.3, -0.25) is 9.69 Å². The molecule has 1 aliphatic heterocycles. The second-order valence-corrected chi connectivity index (χ2v) is 7.21. The molecular formula is C21H24F3NO3. The van der Waals surface area contributed by atoms with E-state index in [9.17, 15) is 18.0 Å². The maximum absolute atomic E-state index is 12.8. The standard InChI is InChI=1S/C21H24F3NO3/c1-25-12-2-4-16(14-28-19(26)11-10-18-5-3-13-27-18)20(25)15-6-8-17(9-7-15)21(22,23)24/h3,5-9,13,16,20H,2,4,10-12,14H2,1H3/t16-,20+/m0/s1. The third kappa shape index (κ3) is 5.16. The van der Waals surface area contributed by atoms with E-state index < -0.39 is 11.7 Å². The molecular weight excluding hydrogens is 371 g/mol. The molecule has 2 aromatic rings. The fraction of sp³-hybridized carbons (Fsp3) is 0.476. The van der Waals surface area contributed by atoms with Crippen LogP contribution in [-0.4, -0.2) is 31.1 Å². The average molecular weight is 395 g/mol. The van der Waals surface area contributed by atoms with Crippen molar-refractivity contribution in [3.05, 3.63) is 59.5 Å². The van der Waals surface area contributed by atoms with Gasteiger partial charge >= 0.3 is 12.1 Å². The second kappa shape index (κ2) is 8.82. The Balaban J connectivity index is 1.61. The lowest BCUT2D eigenvalue weighted by Gasteiger charge is -2.39. The van der Waals surface area contributed by atoms with Gasteiger partial charge in [-0.2, -0.15) is 13.2 Å². The van der Waals surface area contributed by atoms with Crippen LogP contribution in [0.15, 0.2) is 47.1 Å². The molecule has 1 saturated heterocycles. The first-order chi connectivity index (χ1) is 13.3. The summed E-state index contributed by atoms with van der Waals surface area (Å²) in [6.45, 7) is 1.11. The first kappa shape index (κ1) is 20.5. The van der Waals surface area contributed by atoms with E-state index in [0.29, 0.717) is 6.42 Å². The number of halogens is 3. The summed E-state index contributed by atoms with van der Waals surface area (Å²) in [5, 5.41) is 0. The number of nitrogens with zero attached hydrogens (tertiary/aromatic N) is 1. The highest BCUT2D eigenvalue weighted by Gasteiger charge is 2.33. The molecule has 7 heteroatoms. The number of carbonyl (C=O) groups is 1. The number of ether oxygens (including phenoxy) is 1. The van der Waals surface area contributed by atoms with Gasteiger partial charge in [-0.15, -0.1) is 0 Å². The van der Waals surface area contributed by atoms with Gasteiger partial charge in [0.2, 0.25) is 0 Å². The van der Waals surface area contributed by atoms with Crippen LogP contribution in [0.3, 0.4) is 0 Å². The van der Waals surface area contributed by atoms with E-state index in [1.54, 1.807) is 12.3 Å². The molecule has 1 aromatic carbocycles. The first-order valence-corrected chi connectivity index (χ1v) is 9.40. The van der Waals surface area contributed by atoms with Crippen molar-refractivity contribution in [1.82, 2.24) is 4.90 Å². The normalized spacial score (nSPS) is 20.9. The van der Waals surface area contributed by atoms with Crippen LogP contribution >= 0.6 is 0 Å². The molecule has 0 N–H and O–H groups in total. The Morgan fingerprint density at radius 2 is 2.00 bits per heavy atom. The number of benzene rings is 1. The molecule has 1 aliphatic rings. The van der Waals surface area contributed by atoms with Crippen molar-refractivity contribution in [2.24, 2.45) is 5.92 Å². The highest BCUT2D eigenvalue weighted by atomic mass is 19.4. The first-order valence-electron chi connectivity index (χ1n) is 9.40. The quantitative estimate of drug-likeness (QED) is 0.656. The third-order valence-corrected chi connectivity index (χ3v) is 5.20. The highest BCUT2D eigenvalue weighted by molar-refractivity contribution is 5.69. The van der Waals surface area contributed by atoms with Gasteiger partial charge in [-0.25, -0.2) is 0 Å². The Morgan fingerprint density at radius 3 is 2.64 bits per heavy atom. The van der Waals surface area contributed by atoms with Crippen molar-refractivity contribution in [3.63, 3.8) is 0 Å². The molecule has 0 spiro atoms. The highest BCUT2D eigenvalue weighted by Crippen LogP contribution is 2.37. The lowest BCUT2D eigenvalue weighted by atomic mass is 9.85. The molecule has 0 aliphatic carbocycles. The smallest absolute Gasteiger partial charge is 0.416 e. The second-order valence-electron chi connectivity index (χ2n) is 7.21. The van der Waals surface area contributed by atoms with Crippen LogP contribution < -0.4 is 0 Å². The van der Waals surface area contributed by atoms with E-state index in [0.717, 1.165) is 42.8 Å². The molecule has 3 rings (SSSR count). The van der Waals surface area contributed by atoms with Crippen LogP contribution in [0.25, 0.3) is 0 Å². The summed E-state index contributed by atoms with van der Waals surface area (Å²) < 4.78 is 49.2. The fourth-order valence-corrected chi connectivity index (χ4v) is 3.78. The summed E-state index contributed by atoms with van der Waals surface area (Å²) in [5.74, 6) is 0.482. The van der Waals surface area contributed by atoms with Gasteiger partial charge in [-0.05, 0) is 56.3 Å². The molecule has 0 bridgehead atoms. The van der Waals surface area contributed by atoms with E-state index >= 15 is 0 Å². The minimum Gasteiger partial charge on any atom is -0.469 e. The molecule has 1 aromatic heterocycles. The number of esters is 1. The van der Waals surface area contributed by atoms with Crippen molar-refractivity contribution in [3.8, 4) is 0 Å². The molecule has 0 unspecified atom stereocenters. The zero-order chi connectivity index (χ0) is 20.1. The van der Waals surface area contributed by atoms with Crippen LogP contribution in [0.2, 0.25) is 0 Å². The Kier molecular flexibility index (Phi) is 6.44. The van der Waals surface area contributed by atoms with E-state index in [1.807, 2.05) is 13.1 Å². The van der Waals surface area contributed by atoms with Crippen LogP contribution in [0, 0.1) is 5.92 Å². The predicted molar refractivity (Wildman–Crippen MR) is 97.5 cm³/mol. The van der Waals surface area contributed by atoms with Crippen LogP contribution in [0.5, 0.6) is 0 Å². The molecule has 2 heterocycles. The Labute approximate surface area is 162 Å². The summed E-state index contributed by atoms with van der Waals surface area (Å²) in [6.07, 6.45) is -0.239. The van der Waals surface area contributed by atoms with Crippen molar-refractivity contribution in [2.45, 2.75) is 37.9 Å². The van der Waals surface area contributed by atoms with E-state index in [-0.39, 0.29) is 31.0 Å². The van der Waals surface area contributed by atoms with Crippen LogP contribution in [0.1, 0.15) is 42.2 Å². The number of furan rings is 1. The van der Waals surface area contributed by atoms with E-state index in [2.05, 4.69) is 4.90 Å². The van der Waals surface area contributed by atoms with E-state index in [1.165, 1.54) is 12.1 Å². The number of hydrogen-bond donors (Lipinski definition) is 0. The van der Waals surface area contributed by atoms with Crippen LogP contribution in [0.4, 0.5) is 13.2 Å². The Hall–Kier alpha value is -2.28. The molecule has 0 saturated carbocycles. The van der Waals surface area contributed by atoms with Gasteiger partial charge in [0.25, 0.3) is 0 Å². The fourth-order valence-electron chi connectivity index (χ4n) is 3.78. The van der Waals surface area contributed by atoms with Crippen molar-refractivity contribution in [2.75, 3.05) is 20.2 Å². The lowest BCUT2D eigenvalue weighted by Crippen LogP contribution is -2.38. The number of likely N-dealkylation sites (tertiary alicyclic amines) is 1. The van der Waals surface area contributed by atoms with Gasteiger partial charge < -0.3 is 9.15 Å². The van der Waals surface area contributed by atoms with Gasteiger partial charge in [0.1, 0.15) is 5.76 Å². The molecule has 0 amide bonds. The number of piperidine rings is 1. The molecule has 0 radical (unpaired) electrons. The Bertz CT molecular complexity index is 756. The van der Waals surface area contributed by atoms with E-state index in [4.69, 9.17) is 9.15 Å². The monoisotopic (exact) mass is 395 g/mol. The third-order valence-electron chi connectivity index (χ3n) is 5.20. The molecule has 28 heavy (non-hydrogen) atoms. The zero-order valence-corrected chi connectivity index (χ0v) is 15.7. The summed E-state index contributed by atoms with van der Waals surface area (Å²) in [5.41, 5.74) is 0.155. The van der Waals surface area contributed by atoms with Gasteiger partial charge in [0.05, 0.1) is 24.9 Å². The summed E-state index contributed by atoms with van der Waals surface area (Å²) >= 11 is 0. The SMILES string of the molecule is CN1CCC[C@@H](COC(=O)CCc2ccco2)[C@H]1c1ccc(C(F)(F)F)cc1. The summed E-state index contributed by atoms with van der Waals surface area (Å²) in [6, 6.07) is 8.79. The summed E-state index contributed by atoms with van der Waals surface area (Å²) in [4.78, 5) is 14.2. The maximum atomic E-state index is 12.8. The predicted octanol–water partition coefficient (Wildman–Crippen LogP) is 4.86. The van der Waals surface area contributed by atoms with Gasteiger partial charge in [0, 0.05) is 18.4 Å². The molecule has 4 nitrogen and oxygen atoms in total. The van der Waals surface area contributed by atoms with Gasteiger partial charge in [0.15, 0.2) is 0 Å². The summed E-state index contributed by atoms with van der Waals surface area (Å²) in [7, 11) is 1.95. The van der Waals surface area contributed by atoms with Gasteiger partial charge in [-0.1, -0.05) is 12.1 Å². The lowest BCUT2D eigenvalue weighted by molar-refractivity contribution is -0.146. The number of hydrogen-bond acceptors (Lipinski definition) is 4. The minimum absolute atomic E-state index is 0.0445. The number of alkyl halides is 3. The Morgan fingerprint density at radius 1 is 1.25 bits per heavy atom. The van der Waals surface area contributed by atoms with Crippen molar-refractivity contribution < 1.29 is 27.1 Å². The number of aryl methyl sites for hydroxylation is 1. The minimum atomic E-state index is -4.35. The largest absolute Gasteiger partial charge is 0.469 e. The topological polar surface area (TPSA) is 42.7 Å². The molecule has 1 fully saturated rings. The van der Waals surface area contributed by atoms with Crippen molar-refractivity contribution in [1.29, 1.82) is 0 Å².